The number of rotatable bonds is 12. The summed E-state index contributed by atoms with van der Waals surface area (Å²) in [6.07, 6.45) is 9.09. The zero-order chi connectivity index (χ0) is 22.1. The summed E-state index contributed by atoms with van der Waals surface area (Å²) >= 11 is 6.43. The third kappa shape index (κ3) is 6.84. The standard InChI is InChI=1S/C23H31NO4S2/c1-4-5-6-7-8-9-14-28-18-12-10-17(11-13-18)15-19-21(25)24(23(29)30-19)20(16(2)3)22(26)27/h10-13,15-16,20H,4-9,14H2,1-3H3,(H,26,27)/b19-15-/t20-/m0/s1. The SMILES string of the molecule is CCCCCCCCOc1ccc(/C=C2\SC(=S)N([C@H](C(=O)O)C(C)C)C2=O)cc1. The molecule has 7 heteroatoms. The lowest BCUT2D eigenvalue weighted by Gasteiger charge is -2.26. The first-order valence-corrected chi connectivity index (χ1v) is 11.8. The van der Waals surface area contributed by atoms with Gasteiger partial charge in [-0.15, -0.1) is 0 Å². The first kappa shape index (κ1) is 24.4. The first-order valence-electron chi connectivity index (χ1n) is 10.6. The number of thiocarbonyl (C=S) groups is 1. The van der Waals surface area contributed by atoms with Crippen LogP contribution in [0.25, 0.3) is 6.08 Å². The van der Waals surface area contributed by atoms with Crippen LogP contribution >= 0.6 is 24.0 Å². The van der Waals surface area contributed by atoms with Crippen molar-refractivity contribution in [1.29, 1.82) is 0 Å². The summed E-state index contributed by atoms with van der Waals surface area (Å²) in [4.78, 5) is 26.0. The summed E-state index contributed by atoms with van der Waals surface area (Å²) in [5, 5.41) is 9.49. The van der Waals surface area contributed by atoms with Gasteiger partial charge in [-0.1, -0.05) is 89.0 Å². The molecule has 1 amide bonds. The Morgan fingerprint density at radius 1 is 1.17 bits per heavy atom. The van der Waals surface area contributed by atoms with Gasteiger partial charge in [-0.3, -0.25) is 9.69 Å². The highest BCUT2D eigenvalue weighted by molar-refractivity contribution is 8.26. The third-order valence-corrected chi connectivity index (χ3v) is 6.26. The smallest absolute Gasteiger partial charge is 0.327 e. The molecule has 30 heavy (non-hydrogen) atoms. The molecule has 1 atom stereocenters. The van der Waals surface area contributed by atoms with Crippen LogP contribution in [0, 0.1) is 5.92 Å². The quantitative estimate of drug-likeness (QED) is 0.249. The van der Waals surface area contributed by atoms with E-state index in [1.807, 2.05) is 24.3 Å². The molecule has 1 aromatic carbocycles. The number of hydrogen-bond donors (Lipinski definition) is 1. The average molecular weight is 450 g/mol. The number of carboxylic acids is 1. The summed E-state index contributed by atoms with van der Waals surface area (Å²) in [5.74, 6) is -0.838. The maximum absolute atomic E-state index is 12.8. The van der Waals surface area contributed by atoms with Crippen LogP contribution in [0.4, 0.5) is 0 Å². The molecular formula is C23H31NO4S2. The highest BCUT2D eigenvalue weighted by Crippen LogP contribution is 2.35. The lowest BCUT2D eigenvalue weighted by Crippen LogP contribution is -2.47. The second-order valence-corrected chi connectivity index (χ2v) is 9.44. The van der Waals surface area contributed by atoms with Gasteiger partial charge in [0.2, 0.25) is 0 Å². The van der Waals surface area contributed by atoms with Crippen LogP contribution in [0.1, 0.15) is 64.9 Å². The predicted molar refractivity (Wildman–Crippen MR) is 127 cm³/mol. The number of aliphatic carboxylic acids is 1. The largest absolute Gasteiger partial charge is 0.494 e. The first-order chi connectivity index (χ1) is 14.3. The van der Waals surface area contributed by atoms with Crippen LogP contribution in [-0.4, -0.2) is 38.9 Å². The number of hydrogen-bond acceptors (Lipinski definition) is 5. The molecule has 0 saturated carbocycles. The van der Waals surface area contributed by atoms with E-state index in [4.69, 9.17) is 17.0 Å². The van der Waals surface area contributed by atoms with Crippen LogP contribution in [-0.2, 0) is 9.59 Å². The zero-order valence-corrected chi connectivity index (χ0v) is 19.6. The number of carboxylic acid groups (broad SMARTS) is 1. The topological polar surface area (TPSA) is 66.8 Å². The molecular weight excluding hydrogens is 418 g/mol. The molecule has 0 bridgehead atoms. The molecule has 164 valence electrons. The molecule has 1 aromatic rings. The second-order valence-electron chi connectivity index (χ2n) is 7.76. The lowest BCUT2D eigenvalue weighted by atomic mass is 10.0. The van der Waals surface area contributed by atoms with Crippen molar-refractivity contribution in [2.24, 2.45) is 5.92 Å². The summed E-state index contributed by atoms with van der Waals surface area (Å²) in [6.45, 7) is 6.46. The monoisotopic (exact) mass is 449 g/mol. The minimum absolute atomic E-state index is 0.243. The van der Waals surface area contributed by atoms with Gasteiger partial charge in [0.25, 0.3) is 5.91 Å². The van der Waals surface area contributed by atoms with Crippen molar-refractivity contribution in [3.63, 3.8) is 0 Å². The number of carbonyl (C=O) groups is 2. The minimum atomic E-state index is -1.05. The van der Waals surface area contributed by atoms with Crippen LogP contribution in [0.2, 0.25) is 0 Å². The maximum atomic E-state index is 12.8. The van der Waals surface area contributed by atoms with Gasteiger partial charge in [0.15, 0.2) is 0 Å². The highest BCUT2D eigenvalue weighted by Gasteiger charge is 2.41. The summed E-state index contributed by atoms with van der Waals surface area (Å²) in [5.41, 5.74) is 0.846. The van der Waals surface area contributed by atoms with E-state index in [1.165, 1.54) is 37.0 Å². The Balaban J connectivity index is 1.93. The van der Waals surface area contributed by atoms with E-state index >= 15 is 0 Å². The van der Waals surface area contributed by atoms with E-state index in [1.54, 1.807) is 19.9 Å². The lowest BCUT2D eigenvalue weighted by molar-refractivity contribution is -0.146. The third-order valence-electron chi connectivity index (χ3n) is 4.93. The van der Waals surface area contributed by atoms with Crippen LogP contribution < -0.4 is 4.74 Å². The number of amides is 1. The minimum Gasteiger partial charge on any atom is -0.494 e. The van der Waals surface area contributed by atoms with Gasteiger partial charge in [0, 0.05) is 0 Å². The van der Waals surface area contributed by atoms with Gasteiger partial charge in [-0.2, -0.15) is 0 Å². The van der Waals surface area contributed by atoms with Crippen molar-refractivity contribution in [2.45, 2.75) is 65.3 Å². The average Bonchev–Trinajstić information content (AvgIpc) is 2.96. The number of benzene rings is 1. The Kier molecular flexibility index (Phi) is 9.85. The molecule has 1 aliphatic heterocycles. The normalized spacial score (nSPS) is 16.5. The number of ether oxygens (including phenoxy) is 1. The van der Waals surface area contributed by atoms with Crippen molar-refractivity contribution in [2.75, 3.05) is 6.61 Å². The fourth-order valence-corrected chi connectivity index (χ4v) is 4.63. The van der Waals surface area contributed by atoms with E-state index < -0.39 is 12.0 Å². The Hall–Kier alpha value is -1.86. The number of thioether (sulfide) groups is 1. The van der Waals surface area contributed by atoms with Crippen molar-refractivity contribution >= 4 is 46.3 Å². The van der Waals surface area contributed by atoms with E-state index in [2.05, 4.69) is 6.92 Å². The molecule has 5 nitrogen and oxygen atoms in total. The molecule has 0 unspecified atom stereocenters. The van der Waals surface area contributed by atoms with Gasteiger partial charge in [-0.05, 0) is 36.1 Å². The number of carbonyl (C=O) groups excluding carboxylic acids is 1. The molecule has 0 aliphatic carbocycles. The van der Waals surface area contributed by atoms with Gasteiger partial charge in [0.05, 0.1) is 11.5 Å². The van der Waals surface area contributed by atoms with Gasteiger partial charge >= 0.3 is 5.97 Å². The zero-order valence-electron chi connectivity index (χ0n) is 17.9. The molecule has 1 heterocycles. The predicted octanol–water partition coefficient (Wildman–Crippen LogP) is 5.74. The second kappa shape index (κ2) is 12.1. The van der Waals surface area contributed by atoms with Crippen molar-refractivity contribution in [3.05, 3.63) is 34.7 Å². The van der Waals surface area contributed by atoms with Crippen LogP contribution in [0.3, 0.4) is 0 Å². The molecule has 1 aliphatic rings. The molecule has 1 saturated heterocycles. The van der Waals surface area contributed by atoms with Gasteiger partial charge in [-0.25, -0.2) is 4.79 Å². The molecule has 0 aromatic heterocycles. The van der Waals surface area contributed by atoms with E-state index in [0.29, 0.717) is 11.5 Å². The molecule has 0 spiro atoms. The summed E-state index contributed by atoms with van der Waals surface area (Å²) in [6, 6.07) is 6.59. The maximum Gasteiger partial charge on any atom is 0.327 e. The van der Waals surface area contributed by atoms with Crippen LogP contribution in [0.5, 0.6) is 5.75 Å². The van der Waals surface area contributed by atoms with Gasteiger partial charge < -0.3 is 9.84 Å². The summed E-state index contributed by atoms with van der Waals surface area (Å²) < 4.78 is 6.07. The molecule has 2 rings (SSSR count). The molecule has 1 fully saturated rings. The number of unbranched alkanes of at least 4 members (excludes halogenated alkanes) is 5. The van der Waals surface area contributed by atoms with Gasteiger partial charge in [0.1, 0.15) is 16.1 Å². The Bertz CT molecular complexity index is 774. The fourth-order valence-electron chi connectivity index (χ4n) is 3.30. The Morgan fingerprint density at radius 3 is 2.40 bits per heavy atom. The van der Waals surface area contributed by atoms with E-state index in [0.717, 1.165) is 29.5 Å². The molecule has 0 radical (unpaired) electrons. The highest BCUT2D eigenvalue weighted by atomic mass is 32.2. The molecule has 1 N–H and O–H groups in total. The Labute approximate surface area is 188 Å². The summed E-state index contributed by atoms with van der Waals surface area (Å²) in [7, 11) is 0. The number of nitrogens with zero attached hydrogens (tertiary/aromatic N) is 1. The van der Waals surface area contributed by atoms with Crippen molar-refractivity contribution < 1.29 is 19.4 Å². The van der Waals surface area contributed by atoms with Crippen molar-refractivity contribution in [1.82, 2.24) is 4.90 Å². The Morgan fingerprint density at radius 2 is 1.80 bits per heavy atom. The fraction of sp³-hybridized carbons (Fsp3) is 0.522. The van der Waals surface area contributed by atoms with E-state index in [-0.39, 0.29) is 16.1 Å². The van der Waals surface area contributed by atoms with Crippen LogP contribution in [0.15, 0.2) is 29.2 Å². The van der Waals surface area contributed by atoms with Crippen molar-refractivity contribution in [3.8, 4) is 5.75 Å². The van der Waals surface area contributed by atoms with E-state index in [9.17, 15) is 14.7 Å².